The fourth-order valence-corrected chi connectivity index (χ4v) is 1.56. The zero-order chi connectivity index (χ0) is 14.8. The molecule has 19 heavy (non-hydrogen) atoms. The summed E-state index contributed by atoms with van der Waals surface area (Å²) in [6, 6.07) is 2.27. The van der Waals surface area contributed by atoms with Gasteiger partial charge in [-0.25, -0.2) is 8.78 Å². The van der Waals surface area contributed by atoms with Crippen molar-refractivity contribution in [3.8, 4) is 6.07 Å². The lowest BCUT2D eigenvalue weighted by molar-refractivity contribution is -0.139. The first kappa shape index (κ1) is 14.9. The molecule has 1 rings (SSSR count). The van der Waals surface area contributed by atoms with Gasteiger partial charge in [-0.15, -0.1) is 0 Å². The molecule has 0 atom stereocenters. The Hall–Kier alpha value is -2.17. The zero-order valence-corrected chi connectivity index (χ0v) is 9.13. The van der Waals surface area contributed by atoms with Crippen LogP contribution in [0.15, 0.2) is 12.1 Å². The van der Waals surface area contributed by atoms with Gasteiger partial charge >= 0.3 is 12.1 Å². The lowest BCUT2D eigenvalue weighted by atomic mass is 9.95. The molecule has 0 amide bonds. The van der Waals surface area contributed by atoms with Crippen LogP contribution in [0.25, 0.3) is 0 Å². The minimum absolute atomic E-state index is 0.365. The number of carboxylic acids is 1. The summed E-state index contributed by atoms with van der Waals surface area (Å²) in [5.41, 5.74) is -4.23. The molecule has 1 aromatic carbocycles. The summed E-state index contributed by atoms with van der Waals surface area (Å²) in [4.78, 5) is 10.5. The van der Waals surface area contributed by atoms with Crippen molar-refractivity contribution < 1.29 is 31.9 Å². The van der Waals surface area contributed by atoms with E-state index >= 15 is 0 Å². The molecule has 0 unspecified atom stereocenters. The van der Waals surface area contributed by atoms with Crippen LogP contribution < -0.4 is 0 Å². The van der Waals surface area contributed by atoms with Gasteiger partial charge in [-0.3, -0.25) is 4.79 Å². The first-order valence-electron chi connectivity index (χ1n) is 4.81. The molecular weight excluding hydrogens is 273 g/mol. The standard InChI is InChI=1S/C11H6F5NO2/c12-10(13)7-1-5(4-17)2-8(11(14,15)16)6(7)3-9(18)19/h1-2,10H,3H2,(H,18,19). The number of hydrogen-bond donors (Lipinski definition) is 1. The van der Waals surface area contributed by atoms with Crippen molar-refractivity contribution in [1.82, 2.24) is 0 Å². The van der Waals surface area contributed by atoms with Crippen LogP contribution in [0.2, 0.25) is 0 Å². The summed E-state index contributed by atoms with van der Waals surface area (Å²) in [5.74, 6) is -1.67. The molecule has 0 saturated heterocycles. The molecule has 1 aromatic rings. The third-order valence-electron chi connectivity index (χ3n) is 2.28. The molecule has 8 heteroatoms. The Morgan fingerprint density at radius 2 is 1.95 bits per heavy atom. The van der Waals surface area contributed by atoms with E-state index in [4.69, 9.17) is 10.4 Å². The van der Waals surface area contributed by atoms with Gasteiger partial charge in [-0.1, -0.05) is 0 Å². The van der Waals surface area contributed by atoms with Crippen LogP contribution in [0.4, 0.5) is 22.0 Å². The normalized spacial score (nSPS) is 11.4. The lowest BCUT2D eigenvalue weighted by Gasteiger charge is -2.16. The van der Waals surface area contributed by atoms with Gasteiger partial charge in [0.15, 0.2) is 0 Å². The number of rotatable bonds is 3. The van der Waals surface area contributed by atoms with Crippen molar-refractivity contribution in [3.05, 3.63) is 34.4 Å². The van der Waals surface area contributed by atoms with Crippen LogP contribution in [0.1, 0.15) is 28.7 Å². The Bertz CT molecular complexity index is 545. The van der Waals surface area contributed by atoms with E-state index in [9.17, 15) is 26.7 Å². The Labute approximate surface area is 103 Å². The quantitative estimate of drug-likeness (QED) is 0.864. The van der Waals surface area contributed by atoms with Crippen molar-refractivity contribution in [2.45, 2.75) is 19.0 Å². The second kappa shape index (κ2) is 5.22. The number of nitriles is 1. The number of hydrogen-bond acceptors (Lipinski definition) is 2. The van der Waals surface area contributed by atoms with Crippen molar-refractivity contribution in [2.24, 2.45) is 0 Å². The molecule has 3 nitrogen and oxygen atoms in total. The molecule has 0 aromatic heterocycles. The summed E-state index contributed by atoms with van der Waals surface area (Å²) in [6.07, 6.45) is -9.51. The topological polar surface area (TPSA) is 61.1 Å². The van der Waals surface area contributed by atoms with Gasteiger partial charge in [0.25, 0.3) is 6.43 Å². The minimum Gasteiger partial charge on any atom is -0.481 e. The molecule has 102 valence electrons. The van der Waals surface area contributed by atoms with E-state index in [1.54, 1.807) is 0 Å². The summed E-state index contributed by atoms with van der Waals surface area (Å²) in [7, 11) is 0. The predicted octanol–water partition coefficient (Wildman–Crippen LogP) is 3.14. The van der Waals surface area contributed by atoms with E-state index in [0.29, 0.717) is 12.1 Å². The smallest absolute Gasteiger partial charge is 0.416 e. The van der Waals surface area contributed by atoms with Crippen LogP contribution in [-0.2, 0) is 17.4 Å². The Kier molecular flexibility index (Phi) is 4.09. The third-order valence-corrected chi connectivity index (χ3v) is 2.28. The van der Waals surface area contributed by atoms with Crippen LogP contribution >= 0.6 is 0 Å². The van der Waals surface area contributed by atoms with Crippen molar-refractivity contribution in [1.29, 1.82) is 5.26 Å². The maximum Gasteiger partial charge on any atom is 0.416 e. The van der Waals surface area contributed by atoms with Gasteiger partial charge in [0.2, 0.25) is 0 Å². The highest BCUT2D eigenvalue weighted by atomic mass is 19.4. The number of carboxylic acid groups (broad SMARTS) is 1. The SMILES string of the molecule is N#Cc1cc(C(F)F)c(CC(=O)O)c(C(F)(F)F)c1. The van der Waals surface area contributed by atoms with Crippen LogP contribution in [-0.4, -0.2) is 11.1 Å². The van der Waals surface area contributed by atoms with Gasteiger partial charge in [-0.05, 0) is 17.7 Å². The van der Waals surface area contributed by atoms with Gasteiger partial charge in [0.05, 0.1) is 23.6 Å². The first-order chi connectivity index (χ1) is 8.66. The molecule has 0 aliphatic rings. The third kappa shape index (κ3) is 3.40. The van der Waals surface area contributed by atoms with E-state index in [2.05, 4.69) is 0 Å². The Balaban J connectivity index is 3.62. The zero-order valence-electron chi connectivity index (χ0n) is 9.13. The summed E-state index contributed by atoms with van der Waals surface area (Å²) in [5, 5.41) is 17.0. The average molecular weight is 279 g/mol. The molecular formula is C11H6F5NO2. The first-order valence-corrected chi connectivity index (χ1v) is 4.81. The molecule has 0 aliphatic heterocycles. The van der Waals surface area contributed by atoms with Crippen LogP contribution in [0, 0.1) is 11.3 Å². The molecule has 0 aliphatic carbocycles. The fourth-order valence-electron chi connectivity index (χ4n) is 1.56. The Morgan fingerprint density at radius 1 is 1.37 bits per heavy atom. The fraction of sp³-hybridized carbons (Fsp3) is 0.273. The lowest BCUT2D eigenvalue weighted by Crippen LogP contribution is -2.15. The second-order valence-electron chi connectivity index (χ2n) is 3.57. The van der Waals surface area contributed by atoms with Crippen molar-refractivity contribution in [2.75, 3.05) is 0 Å². The van der Waals surface area contributed by atoms with E-state index in [1.807, 2.05) is 0 Å². The summed E-state index contributed by atoms with van der Waals surface area (Å²) >= 11 is 0. The van der Waals surface area contributed by atoms with Crippen LogP contribution in [0.3, 0.4) is 0 Å². The predicted molar refractivity (Wildman–Crippen MR) is 52.5 cm³/mol. The minimum atomic E-state index is -5.01. The number of benzene rings is 1. The summed E-state index contributed by atoms with van der Waals surface area (Å²) in [6.45, 7) is 0. The number of nitrogens with zero attached hydrogens (tertiary/aromatic N) is 1. The van der Waals surface area contributed by atoms with E-state index in [0.717, 1.165) is 0 Å². The van der Waals surface area contributed by atoms with Gasteiger partial charge in [0, 0.05) is 5.56 Å². The highest BCUT2D eigenvalue weighted by molar-refractivity contribution is 5.72. The average Bonchev–Trinajstić information content (AvgIpc) is 2.26. The number of carbonyl (C=O) groups is 1. The van der Waals surface area contributed by atoms with E-state index in [-0.39, 0.29) is 0 Å². The summed E-state index contributed by atoms with van der Waals surface area (Å²) < 4.78 is 63.5. The maximum absolute atomic E-state index is 12.7. The monoisotopic (exact) mass is 279 g/mol. The number of aliphatic carboxylic acids is 1. The van der Waals surface area contributed by atoms with Crippen molar-refractivity contribution >= 4 is 5.97 Å². The van der Waals surface area contributed by atoms with E-state index in [1.165, 1.54) is 6.07 Å². The highest BCUT2D eigenvalue weighted by Crippen LogP contribution is 2.37. The Morgan fingerprint density at radius 3 is 2.32 bits per heavy atom. The van der Waals surface area contributed by atoms with Crippen LogP contribution in [0.5, 0.6) is 0 Å². The van der Waals surface area contributed by atoms with Gasteiger partial charge < -0.3 is 5.11 Å². The second-order valence-corrected chi connectivity index (χ2v) is 3.57. The van der Waals surface area contributed by atoms with Gasteiger partial charge in [-0.2, -0.15) is 18.4 Å². The number of alkyl halides is 5. The molecule has 0 bridgehead atoms. The van der Waals surface area contributed by atoms with Crippen molar-refractivity contribution in [3.63, 3.8) is 0 Å². The molecule has 0 spiro atoms. The van der Waals surface area contributed by atoms with Gasteiger partial charge in [0.1, 0.15) is 0 Å². The largest absolute Gasteiger partial charge is 0.481 e. The van der Waals surface area contributed by atoms with E-state index < -0.39 is 47.2 Å². The highest BCUT2D eigenvalue weighted by Gasteiger charge is 2.36. The number of halogens is 5. The maximum atomic E-state index is 12.7. The molecule has 1 N–H and O–H groups in total. The molecule has 0 fully saturated rings. The molecule has 0 radical (unpaired) electrons. The molecule has 0 heterocycles. The molecule has 0 saturated carbocycles.